The summed E-state index contributed by atoms with van der Waals surface area (Å²) in [6, 6.07) is 2.10. The first-order valence-electron chi connectivity index (χ1n) is 4.69. The highest BCUT2D eigenvalue weighted by Gasteiger charge is 2.06. The molecule has 1 unspecified atom stereocenters. The highest BCUT2D eigenvalue weighted by molar-refractivity contribution is 6.32. The van der Waals surface area contributed by atoms with Crippen LogP contribution >= 0.6 is 11.6 Å². The SMILES string of the molecule is CCC(O)C=NNc1cc(O)c(Cl)cc1F. The molecule has 4 nitrogen and oxygen atoms in total. The molecule has 1 rings (SSSR count). The van der Waals surface area contributed by atoms with Crippen LogP contribution < -0.4 is 5.43 Å². The van der Waals surface area contributed by atoms with Crippen LogP contribution in [-0.2, 0) is 0 Å². The Labute approximate surface area is 97.4 Å². The van der Waals surface area contributed by atoms with Gasteiger partial charge >= 0.3 is 0 Å². The first kappa shape index (κ1) is 12.7. The summed E-state index contributed by atoms with van der Waals surface area (Å²) in [4.78, 5) is 0. The first-order chi connectivity index (χ1) is 7.54. The number of aliphatic hydroxyl groups excluding tert-OH is 1. The Balaban J connectivity index is 2.74. The van der Waals surface area contributed by atoms with Crippen LogP contribution in [0.2, 0.25) is 5.02 Å². The molecule has 0 saturated carbocycles. The molecule has 1 atom stereocenters. The lowest BCUT2D eigenvalue weighted by Gasteiger charge is -2.05. The quantitative estimate of drug-likeness (QED) is 0.564. The van der Waals surface area contributed by atoms with E-state index in [1.807, 2.05) is 0 Å². The lowest BCUT2D eigenvalue weighted by atomic mass is 10.3. The number of nitrogens with one attached hydrogen (secondary N) is 1. The Morgan fingerprint density at radius 2 is 2.31 bits per heavy atom. The molecule has 0 aliphatic carbocycles. The highest BCUT2D eigenvalue weighted by Crippen LogP contribution is 2.29. The summed E-state index contributed by atoms with van der Waals surface area (Å²) in [5.41, 5.74) is 2.35. The number of phenols is 1. The molecule has 0 bridgehead atoms. The van der Waals surface area contributed by atoms with Gasteiger partial charge in [0.15, 0.2) is 0 Å². The smallest absolute Gasteiger partial charge is 0.149 e. The van der Waals surface area contributed by atoms with Crippen LogP contribution in [0.5, 0.6) is 5.75 Å². The largest absolute Gasteiger partial charge is 0.506 e. The number of benzene rings is 1. The molecule has 1 aromatic rings. The average Bonchev–Trinajstić information content (AvgIpc) is 2.25. The Kier molecular flexibility index (Phi) is 4.52. The van der Waals surface area contributed by atoms with Gasteiger partial charge in [0, 0.05) is 6.07 Å². The molecule has 0 heterocycles. The lowest BCUT2D eigenvalue weighted by Crippen LogP contribution is -2.07. The Hall–Kier alpha value is -1.33. The summed E-state index contributed by atoms with van der Waals surface area (Å²) in [7, 11) is 0. The minimum atomic E-state index is -0.684. The molecule has 0 aliphatic heterocycles. The minimum absolute atomic E-state index is 0.0125. The minimum Gasteiger partial charge on any atom is -0.506 e. The van der Waals surface area contributed by atoms with Crippen molar-refractivity contribution >= 4 is 23.5 Å². The molecular formula is C10H12ClFN2O2. The zero-order valence-corrected chi connectivity index (χ0v) is 9.37. The summed E-state index contributed by atoms with van der Waals surface area (Å²) in [6.45, 7) is 1.78. The number of hydrogen-bond acceptors (Lipinski definition) is 4. The van der Waals surface area contributed by atoms with Gasteiger partial charge in [0.25, 0.3) is 0 Å². The molecule has 6 heteroatoms. The molecular weight excluding hydrogens is 235 g/mol. The fourth-order valence-corrected chi connectivity index (χ4v) is 1.07. The van der Waals surface area contributed by atoms with E-state index in [4.69, 9.17) is 16.7 Å². The van der Waals surface area contributed by atoms with Crippen LogP contribution in [-0.4, -0.2) is 22.5 Å². The molecule has 1 aromatic carbocycles. The first-order valence-corrected chi connectivity index (χ1v) is 5.07. The van der Waals surface area contributed by atoms with Crippen LogP contribution in [0.1, 0.15) is 13.3 Å². The number of aliphatic hydroxyl groups is 1. The standard InChI is InChI=1S/C10H12ClFN2O2/c1-2-6(15)5-13-14-9-4-10(16)7(11)3-8(9)12/h3-6,14-16H,2H2,1H3. The maximum atomic E-state index is 13.2. The molecule has 0 saturated heterocycles. The average molecular weight is 247 g/mol. The maximum absolute atomic E-state index is 13.2. The summed E-state index contributed by atoms with van der Waals surface area (Å²) in [5, 5.41) is 21.9. The Bertz CT molecular complexity index is 399. The molecule has 0 amide bonds. The second-order valence-electron chi connectivity index (χ2n) is 3.15. The van der Waals surface area contributed by atoms with Crippen LogP contribution in [0.4, 0.5) is 10.1 Å². The molecule has 16 heavy (non-hydrogen) atoms. The third-order valence-electron chi connectivity index (χ3n) is 1.89. The normalized spacial score (nSPS) is 13.0. The van der Waals surface area contributed by atoms with Crippen molar-refractivity contribution in [3.63, 3.8) is 0 Å². The second kappa shape index (κ2) is 5.67. The summed E-state index contributed by atoms with van der Waals surface area (Å²) in [5.74, 6) is -0.872. The van der Waals surface area contributed by atoms with E-state index < -0.39 is 11.9 Å². The van der Waals surface area contributed by atoms with Crippen molar-refractivity contribution in [2.45, 2.75) is 19.4 Å². The van der Waals surface area contributed by atoms with Crippen molar-refractivity contribution in [1.82, 2.24) is 0 Å². The van der Waals surface area contributed by atoms with Crippen LogP contribution in [0, 0.1) is 5.82 Å². The topological polar surface area (TPSA) is 64.9 Å². The van der Waals surface area contributed by atoms with Gasteiger partial charge in [-0.15, -0.1) is 0 Å². The van der Waals surface area contributed by atoms with E-state index in [0.717, 1.165) is 12.1 Å². The van der Waals surface area contributed by atoms with Crippen LogP contribution in [0.25, 0.3) is 0 Å². The zero-order valence-electron chi connectivity index (χ0n) is 8.61. The van der Waals surface area contributed by atoms with E-state index in [-0.39, 0.29) is 16.5 Å². The summed E-state index contributed by atoms with van der Waals surface area (Å²) >= 11 is 5.50. The van der Waals surface area contributed by atoms with Gasteiger partial charge < -0.3 is 10.2 Å². The fourth-order valence-electron chi connectivity index (χ4n) is 0.921. The van der Waals surface area contributed by atoms with Crippen LogP contribution in [0.15, 0.2) is 17.2 Å². The number of aromatic hydroxyl groups is 1. The lowest BCUT2D eigenvalue weighted by molar-refractivity contribution is 0.242. The van der Waals surface area contributed by atoms with E-state index in [9.17, 15) is 9.50 Å². The van der Waals surface area contributed by atoms with Crippen molar-refractivity contribution in [3.05, 3.63) is 23.0 Å². The van der Waals surface area contributed by atoms with Gasteiger partial charge in [-0.25, -0.2) is 4.39 Å². The third-order valence-corrected chi connectivity index (χ3v) is 2.19. The molecule has 88 valence electrons. The van der Waals surface area contributed by atoms with E-state index >= 15 is 0 Å². The van der Waals surface area contributed by atoms with Gasteiger partial charge in [-0.3, -0.25) is 5.43 Å². The highest BCUT2D eigenvalue weighted by atomic mass is 35.5. The van der Waals surface area contributed by atoms with Gasteiger partial charge in [0.1, 0.15) is 11.6 Å². The van der Waals surface area contributed by atoms with Crippen molar-refractivity contribution < 1.29 is 14.6 Å². The number of hydrogen-bond donors (Lipinski definition) is 3. The maximum Gasteiger partial charge on any atom is 0.149 e. The molecule has 3 N–H and O–H groups in total. The molecule has 0 fully saturated rings. The number of nitrogens with zero attached hydrogens (tertiary/aromatic N) is 1. The third kappa shape index (κ3) is 3.36. The fraction of sp³-hybridized carbons (Fsp3) is 0.300. The van der Waals surface area contributed by atoms with E-state index in [1.54, 1.807) is 6.92 Å². The van der Waals surface area contributed by atoms with Gasteiger partial charge in [0.2, 0.25) is 0 Å². The van der Waals surface area contributed by atoms with Crippen molar-refractivity contribution in [2.24, 2.45) is 5.10 Å². The van der Waals surface area contributed by atoms with Gasteiger partial charge in [-0.05, 0) is 12.5 Å². The Morgan fingerprint density at radius 1 is 1.62 bits per heavy atom. The van der Waals surface area contributed by atoms with Gasteiger partial charge in [-0.2, -0.15) is 5.10 Å². The Morgan fingerprint density at radius 3 is 2.94 bits per heavy atom. The zero-order chi connectivity index (χ0) is 12.1. The molecule has 0 radical (unpaired) electrons. The number of phenolic OH excluding ortho intramolecular Hbond substituents is 1. The predicted octanol–water partition coefficient (Wildman–Crippen LogP) is 2.35. The molecule has 0 aliphatic rings. The van der Waals surface area contributed by atoms with Gasteiger partial charge in [0.05, 0.1) is 23.0 Å². The van der Waals surface area contributed by atoms with Crippen molar-refractivity contribution in [1.29, 1.82) is 0 Å². The number of hydrazone groups is 1. The predicted molar refractivity (Wildman–Crippen MR) is 61.5 cm³/mol. The number of halogens is 2. The van der Waals surface area contributed by atoms with E-state index in [2.05, 4.69) is 10.5 Å². The van der Waals surface area contributed by atoms with E-state index in [0.29, 0.717) is 6.42 Å². The summed E-state index contributed by atoms with van der Waals surface area (Å²) < 4.78 is 13.2. The van der Waals surface area contributed by atoms with Gasteiger partial charge in [-0.1, -0.05) is 18.5 Å². The molecule has 0 spiro atoms. The van der Waals surface area contributed by atoms with E-state index in [1.165, 1.54) is 6.21 Å². The van der Waals surface area contributed by atoms with Crippen molar-refractivity contribution in [2.75, 3.05) is 5.43 Å². The monoisotopic (exact) mass is 246 g/mol. The van der Waals surface area contributed by atoms with Crippen LogP contribution in [0.3, 0.4) is 0 Å². The van der Waals surface area contributed by atoms with Crippen molar-refractivity contribution in [3.8, 4) is 5.75 Å². The summed E-state index contributed by atoms with van der Waals surface area (Å²) in [6.07, 6.45) is 1.07. The molecule has 0 aromatic heterocycles. The number of rotatable bonds is 4. The second-order valence-corrected chi connectivity index (χ2v) is 3.56. The number of anilines is 1.